The minimum atomic E-state index is 0.151. The first-order valence-electron chi connectivity index (χ1n) is 7.48. The van der Waals surface area contributed by atoms with Crippen LogP contribution in [0.5, 0.6) is 0 Å². The van der Waals surface area contributed by atoms with Gasteiger partial charge in [0.25, 0.3) is 0 Å². The van der Waals surface area contributed by atoms with Crippen molar-refractivity contribution in [3.05, 3.63) is 24.3 Å². The number of nitrogen functional groups attached to an aromatic ring is 1. The summed E-state index contributed by atoms with van der Waals surface area (Å²) < 4.78 is 0. The van der Waals surface area contributed by atoms with Crippen LogP contribution in [0.4, 0.5) is 11.4 Å². The van der Waals surface area contributed by atoms with Gasteiger partial charge in [0.1, 0.15) is 0 Å². The zero-order valence-corrected chi connectivity index (χ0v) is 12.5. The molecule has 2 rings (SSSR count). The Bertz CT molecular complexity index is 440. The molecular weight excluding hydrogens is 250 g/mol. The molecule has 1 saturated carbocycles. The Balaban J connectivity index is 1.93. The van der Waals surface area contributed by atoms with E-state index in [1.165, 1.54) is 19.3 Å². The van der Waals surface area contributed by atoms with E-state index in [1.807, 2.05) is 31.3 Å². The molecular formula is C16H25N3O. The molecule has 0 aromatic heterocycles. The van der Waals surface area contributed by atoms with Crippen molar-refractivity contribution < 1.29 is 4.79 Å². The summed E-state index contributed by atoms with van der Waals surface area (Å²) in [4.78, 5) is 16.4. The van der Waals surface area contributed by atoms with Crippen molar-refractivity contribution in [2.24, 2.45) is 0 Å². The van der Waals surface area contributed by atoms with Gasteiger partial charge in [0.15, 0.2) is 0 Å². The van der Waals surface area contributed by atoms with Gasteiger partial charge in [0, 0.05) is 24.5 Å². The maximum absolute atomic E-state index is 12.4. The molecule has 0 radical (unpaired) electrons. The molecule has 20 heavy (non-hydrogen) atoms. The predicted octanol–water partition coefficient (Wildman–Crippen LogP) is 2.50. The van der Waals surface area contributed by atoms with Gasteiger partial charge in [-0.1, -0.05) is 13.3 Å². The molecule has 0 spiro atoms. The average molecular weight is 275 g/mol. The van der Waals surface area contributed by atoms with Crippen molar-refractivity contribution in [1.82, 2.24) is 4.90 Å². The summed E-state index contributed by atoms with van der Waals surface area (Å²) in [7, 11) is 1.83. The van der Waals surface area contributed by atoms with E-state index in [9.17, 15) is 4.79 Å². The molecule has 1 aliphatic carbocycles. The van der Waals surface area contributed by atoms with Crippen LogP contribution < -0.4 is 10.6 Å². The summed E-state index contributed by atoms with van der Waals surface area (Å²) in [6, 6.07) is 8.07. The van der Waals surface area contributed by atoms with Crippen LogP contribution in [0.25, 0.3) is 0 Å². The number of amides is 1. The Morgan fingerprint density at radius 1 is 1.30 bits per heavy atom. The second kappa shape index (κ2) is 6.75. The molecule has 1 aromatic carbocycles. The van der Waals surface area contributed by atoms with Crippen LogP contribution in [-0.4, -0.2) is 37.0 Å². The van der Waals surface area contributed by atoms with E-state index in [0.29, 0.717) is 12.6 Å². The smallest absolute Gasteiger partial charge is 0.240 e. The molecule has 4 nitrogen and oxygen atoms in total. The molecule has 0 unspecified atom stereocenters. The number of hydrogen-bond donors (Lipinski definition) is 1. The van der Waals surface area contributed by atoms with Crippen molar-refractivity contribution in [3.8, 4) is 0 Å². The van der Waals surface area contributed by atoms with Crippen molar-refractivity contribution in [2.45, 2.75) is 38.6 Å². The second-order valence-electron chi connectivity index (χ2n) is 5.60. The first kappa shape index (κ1) is 14.9. The van der Waals surface area contributed by atoms with Gasteiger partial charge in [-0.05, 0) is 50.1 Å². The lowest BCUT2D eigenvalue weighted by molar-refractivity contribution is -0.119. The van der Waals surface area contributed by atoms with E-state index in [-0.39, 0.29) is 5.91 Å². The molecule has 0 saturated heterocycles. The van der Waals surface area contributed by atoms with Crippen molar-refractivity contribution >= 4 is 17.3 Å². The van der Waals surface area contributed by atoms with Crippen molar-refractivity contribution in [1.29, 1.82) is 0 Å². The van der Waals surface area contributed by atoms with E-state index in [4.69, 9.17) is 5.73 Å². The molecule has 0 heterocycles. The number of anilines is 2. The highest BCUT2D eigenvalue weighted by molar-refractivity contribution is 5.94. The molecule has 1 aliphatic rings. The molecule has 2 N–H and O–H groups in total. The number of hydrogen-bond acceptors (Lipinski definition) is 3. The minimum Gasteiger partial charge on any atom is -0.399 e. The normalized spacial score (nSPS) is 14.6. The first-order valence-corrected chi connectivity index (χ1v) is 7.48. The molecule has 0 bridgehead atoms. The third-order valence-electron chi connectivity index (χ3n) is 3.85. The van der Waals surface area contributed by atoms with E-state index in [0.717, 1.165) is 24.3 Å². The fraction of sp³-hybridized carbons (Fsp3) is 0.562. The first-order chi connectivity index (χ1) is 9.61. The summed E-state index contributed by atoms with van der Waals surface area (Å²) >= 11 is 0. The lowest BCUT2D eigenvalue weighted by atomic mass is 10.2. The summed E-state index contributed by atoms with van der Waals surface area (Å²) in [5.74, 6) is 0.151. The lowest BCUT2D eigenvalue weighted by Gasteiger charge is -2.25. The highest BCUT2D eigenvalue weighted by Crippen LogP contribution is 2.27. The van der Waals surface area contributed by atoms with Gasteiger partial charge < -0.3 is 10.6 Å². The summed E-state index contributed by atoms with van der Waals surface area (Å²) in [6.45, 7) is 3.74. The van der Waals surface area contributed by atoms with Crippen LogP contribution in [0.3, 0.4) is 0 Å². The zero-order chi connectivity index (χ0) is 14.5. The van der Waals surface area contributed by atoms with Crippen LogP contribution in [-0.2, 0) is 4.79 Å². The molecule has 1 aromatic rings. The molecule has 4 heteroatoms. The van der Waals surface area contributed by atoms with Gasteiger partial charge in [-0.15, -0.1) is 0 Å². The zero-order valence-electron chi connectivity index (χ0n) is 12.5. The maximum atomic E-state index is 12.4. The number of rotatable bonds is 7. The largest absolute Gasteiger partial charge is 0.399 e. The van der Waals surface area contributed by atoms with Gasteiger partial charge in [-0.25, -0.2) is 0 Å². The summed E-state index contributed by atoms with van der Waals surface area (Å²) in [6.07, 6.45) is 4.81. The highest BCUT2D eigenvalue weighted by Gasteiger charge is 2.30. The van der Waals surface area contributed by atoms with E-state index in [1.54, 1.807) is 4.90 Å². The summed E-state index contributed by atoms with van der Waals surface area (Å²) in [5, 5.41) is 0. The van der Waals surface area contributed by atoms with Gasteiger partial charge in [0.05, 0.1) is 6.54 Å². The molecule has 110 valence electrons. The SMILES string of the molecule is CCCCN(CC(=O)N(C)c1ccc(N)cc1)C1CC1. The number of nitrogens with two attached hydrogens (primary N) is 1. The Labute approximate surface area is 121 Å². The van der Waals surface area contributed by atoms with E-state index >= 15 is 0 Å². The maximum Gasteiger partial charge on any atom is 0.240 e. The Morgan fingerprint density at radius 3 is 2.50 bits per heavy atom. The van der Waals surface area contributed by atoms with Crippen LogP contribution in [0.15, 0.2) is 24.3 Å². The van der Waals surface area contributed by atoms with Gasteiger partial charge in [-0.3, -0.25) is 9.69 Å². The van der Waals surface area contributed by atoms with Crippen LogP contribution in [0.2, 0.25) is 0 Å². The standard InChI is InChI=1S/C16H25N3O/c1-3-4-11-19(15-9-10-15)12-16(20)18(2)14-7-5-13(17)6-8-14/h5-8,15H,3-4,9-12,17H2,1-2H3. The number of benzene rings is 1. The second-order valence-corrected chi connectivity index (χ2v) is 5.60. The highest BCUT2D eigenvalue weighted by atomic mass is 16.2. The number of unbranched alkanes of at least 4 members (excludes halogenated alkanes) is 1. The van der Waals surface area contributed by atoms with E-state index in [2.05, 4.69) is 11.8 Å². The third-order valence-corrected chi connectivity index (χ3v) is 3.85. The minimum absolute atomic E-state index is 0.151. The predicted molar refractivity (Wildman–Crippen MR) is 83.8 cm³/mol. The topological polar surface area (TPSA) is 49.6 Å². The third kappa shape index (κ3) is 3.97. The number of likely N-dealkylation sites (N-methyl/N-ethyl adjacent to an activating group) is 1. The Hall–Kier alpha value is -1.55. The average Bonchev–Trinajstić information content (AvgIpc) is 3.27. The van der Waals surface area contributed by atoms with Gasteiger partial charge >= 0.3 is 0 Å². The van der Waals surface area contributed by atoms with Crippen LogP contribution in [0.1, 0.15) is 32.6 Å². The van der Waals surface area contributed by atoms with Gasteiger partial charge in [0.2, 0.25) is 5.91 Å². The Morgan fingerprint density at radius 2 is 1.95 bits per heavy atom. The van der Waals surface area contributed by atoms with Gasteiger partial charge in [-0.2, -0.15) is 0 Å². The Kier molecular flexibility index (Phi) is 5.01. The quantitative estimate of drug-likeness (QED) is 0.778. The fourth-order valence-electron chi connectivity index (χ4n) is 2.31. The van der Waals surface area contributed by atoms with Crippen LogP contribution in [0, 0.1) is 0 Å². The number of carbonyl (C=O) groups excluding carboxylic acids is 1. The van der Waals surface area contributed by atoms with E-state index < -0.39 is 0 Å². The molecule has 1 amide bonds. The fourth-order valence-corrected chi connectivity index (χ4v) is 2.31. The van der Waals surface area contributed by atoms with Crippen molar-refractivity contribution in [2.75, 3.05) is 30.8 Å². The summed E-state index contributed by atoms with van der Waals surface area (Å²) in [5.41, 5.74) is 7.29. The van der Waals surface area contributed by atoms with Crippen molar-refractivity contribution in [3.63, 3.8) is 0 Å². The van der Waals surface area contributed by atoms with Crippen LogP contribution >= 0.6 is 0 Å². The molecule has 0 atom stereocenters. The number of nitrogens with zero attached hydrogens (tertiary/aromatic N) is 2. The molecule has 0 aliphatic heterocycles. The monoisotopic (exact) mass is 275 g/mol. The lowest BCUT2D eigenvalue weighted by Crippen LogP contribution is -2.40. The molecule has 1 fully saturated rings. The number of carbonyl (C=O) groups is 1.